The molecule has 2 rings (SSSR count). The van der Waals surface area contributed by atoms with Crippen molar-refractivity contribution in [3.05, 3.63) is 36.7 Å². The van der Waals surface area contributed by atoms with Crippen LogP contribution < -0.4 is 10.5 Å². The number of hydrogen-bond acceptors (Lipinski definition) is 4. The van der Waals surface area contributed by atoms with E-state index < -0.39 is 0 Å². The summed E-state index contributed by atoms with van der Waals surface area (Å²) in [6.07, 6.45) is 3.38. The van der Waals surface area contributed by atoms with Crippen molar-refractivity contribution in [2.24, 2.45) is 0 Å². The maximum atomic E-state index is 5.75. The molecule has 0 saturated carbocycles. The number of nitrogens with two attached hydrogens (primary N) is 1. The highest BCUT2D eigenvalue weighted by Gasteiger charge is 2.03. The van der Waals surface area contributed by atoms with Gasteiger partial charge in [0, 0.05) is 29.6 Å². The van der Waals surface area contributed by atoms with Gasteiger partial charge in [0.15, 0.2) is 0 Å². The van der Waals surface area contributed by atoms with Gasteiger partial charge < -0.3 is 10.5 Å². The van der Waals surface area contributed by atoms with E-state index in [0.29, 0.717) is 11.7 Å². The third-order valence-corrected chi connectivity index (χ3v) is 2.10. The summed E-state index contributed by atoms with van der Waals surface area (Å²) in [4.78, 5) is 8.13. The van der Waals surface area contributed by atoms with Gasteiger partial charge in [-0.1, -0.05) is 0 Å². The summed E-state index contributed by atoms with van der Waals surface area (Å²) in [6, 6.07) is 7.45. The van der Waals surface area contributed by atoms with Crippen molar-refractivity contribution in [1.82, 2.24) is 9.97 Å². The molecular formula is C11H11N3O. The summed E-state index contributed by atoms with van der Waals surface area (Å²) in [5.41, 5.74) is 7.57. The topological polar surface area (TPSA) is 61.0 Å². The van der Waals surface area contributed by atoms with Crippen molar-refractivity contribution in [2.45, 2.75) is 0 Å². The van der Waals surface area contributed by atoms with Gasteiger partial charge in [0.1, 0.15) is 5.82 Å². The van der Waals surface area contributed by atoms with Gasteiger partial charge in [-0.25, -0.2) is 9.97 Å². The molecule has 76 valence electrons. The molecule has 2 aromatic rings. The Hall–Kier alpha value is -2.10. The maximum absolute atomic E-state index is 5.75. The fourth-order valence-corrected chi connectivity index (χ4v) is 1.32. The number of hydrogen-bond donors (Lipinski definition) is 1. The number of rotatable bonds is 2. The maximum Gasteiger partial charge on any atom is 0.212 e. The molecule has 4 heteroatoms. The predicted octanol–water partition coefficient (Wildman–Crippen LogP) is 1.73. The summed E-state index contributed by atoms with van der Waals surface area (Å²) >= 11 is 0. The number of methoxy groups -OCH3 is 1. The molecule has 2 aromatic heterocycles. The van der Waals surface area contributed by atoms with Crippen molar-refractivity contribution in [2.75, 3.05) is 12.8 Å². The first-order valence-electron chi connectivity index (χ1n) is 4.52. The molecule has 0 aromatic carbocycles. The van der Waals surface area contributed by atoms with Crippen LogP contribution in [0.4, 0.5) is 5.82 Å². The fraction of sp³-hybridized carbons (Fsp3) is 0.0909. The van der Waals surface area contributed by atoms with E-state index in [9.17, 15) is 0 Å². The zero-order chi connectivity index (χ0) is 10.7. The summed E-state index contributed by atoms with van der Waals surface area (Å²) in [5.74, 6) is 1.09. The molecular weight excluding hydrogens is 190 g/mol. The molecule has 0 bridgehead atoms. The second kappa shape index (κ2) is 3.96. The Morgan fingerprint density at radius 1 is 1.20 bits per heavy atom. The molecule has 0 aliphatic carbocycles. The van der Waals surface area contributed by atoms with Crippen LogP contribution in [0, 0.1) is 0 Å². The molecule has 0 amide bonds. The Morgan fingerprint density at radius 3 is 2.67 bits per heavy atom. The Morgan fingerprint density at radius 2 is 2.07 bits per heavy atom. The lowest BCUT2D eigenvalue weighted by molar-refractivity contribution is 0.398. The van der Waals surface area contributed by atoms with E-state index in [0.717, 1.165) is 11.1 Å². The number of anilines is 1. The van der Waals surface area contributed by atoms with Crippen molar-refractivity contribution in [3.8, 4) is 17.0 Å². The van der Waals surface area contributed by atoms with E-state index >= 15 is 0 Å². The van der Waals surface area contributed by atoms with Gasteiger partial charge in [0.25, 0.3) is 0 Å². The second-order valence-electron chi connectivity index (χ2n) is 3.03. The molecule has 0 fully saturated rings. The summed E-state index contributed by atoms with van der Waals surface area (Å²) in [6.45, 7) is 0. The van der Waals surface area contributed by atoms with E-state index in [1.165, 1.54) is 0 Å². The van der Waals surface area contributed by atoms with Crippen molar-refractivity contribution in [3.63, 3.8) is 0 Å². The summed E-state index contributed by atoms with van der Waals surface area (Å²) in [7, 11) is 1.58. The molecule has 0 aliphatic heterocycles. The van der Waals surface area contributed by atoms with E-state index in [1.54, 1.807) is 25.6 Å². The predicted molar refractivity (Wildman–Crippen MR) is 58.4 cm³/mol. The van der Waals surface area contributed by atoms with E-state index in [2.05, 4.69) is 9.97 Å². The number of ether oxygens (including phenoxy) is 1. The first-order chi connectivity index (χ1) is 7.31. The van der Waals surface area contributed by atoms with Gasteiger partial charge in [0.05, 0.1) is 7.11 Å². The molecule has 15 heavy (non-hydrogen) atoms. The molecule has 0 spiro atoms. The van der Waals surface area contributed by atoms with Crippen LogP contribution in [0.2, 0.25) is 0 Å². The molecule has 2 N–H and O–H groups in total. The Balaban J connectivity index is 2.42. The van der Waals surface area contributed by atoms with E-state index in [-0.39, 0.29) is 0 Å². The number of aromatic nitrogens is 2. The van der Waals surface area contributed by atoms with Crippen LogP contribution in [-0.4, -0.2) is 17.1 Å². The van der Waals surface area contributed by atoms with E-state index in [4.69, 9.17) is 10.5 Å². The Bertz CT molecular complexity index is 454. The second-order valence-corrected chi connectivity index (χ2v) is 3.03. The first kappa shape index (κ1) is 9.45. The average Bonchev–Trinajstić information content (AvgIpc) is 2.30. The van der Waals surface area contributed by atoms with Crippen LogP contribution in [-0.2, 0) is 0 Å². The van der Waals surface area contributed by atoms with Gasteiger partial charge in [0.2, 0.25) is 5.88 Å². The lowest BCUT2D eigenvalue weighted by Gasteiger charge is -2.04. The molecule has 0 atom stereocenters. The largest absolute Gasteiger partial charge is 0.481 e. The molecule has 4 nitrogen and oxygen atoms in total. The highest BCUT2D eigenvalue weighted by atomic mass is 16.5. The molecule has 0 radical (unpaired) electrons. The quantitative estimate of drug-likeness (QED) is 0.803. The standard InChI is InChI=1S/C11H11N3O/c1-15-10-5-4-8(7-14-10)9-3-2-6-13-11(9)12/h2-7H,1H3,(H2,12,13). The lowest BCUT2D eigenvalue weighted by atomic mass is 10.1. The minimum Gasteiger partial charge on any atom is -0.481 e. The van der Waals surface area contributed by atoms with Crippen LogP contribution in [0.25, 0.3) is 11.1 Å². The lowest BCUT2D eigenvalue weighted by Crippen LogP contribution is -1.94. The minimum absolute atomic E-state index is 0.504. The zero-order valence-corrected chi connectivity index (χ0v) is 8.34. The highest BCUT2D eigenvalue weighted by molar-refractivity contribution is 5.72. The van der Waals surface area contributed by atoms with Crippen LogP contribution in [0.15, 0.2) is 36.7 Å². The van der Waals surface area contributed by atoms with Crippen LogP contribution in [0.3, 0.4) is 0 Å². The van der Waals surface area contributed by atoms with Crippen molar-refractivity contribution < 1.29 is 4.74 Å². The average molecular weight is 201 g/mol. The number of nitrogens with zero attached hydrogens (tertiary/aromatic N) is 2. The normalized spacial score (nSPS) is 9.93. The smallest absolute Gasteiger partial charge is 0.212 e. The van der Waals surface area contributed by atoms with Crippen LogP contribution >= 0.6 is 0 Å². The van der Waals surface area contributed by atoms with Crippen LogP contribution in [0.5, 0.6) is 5.88 Å². The minimum atomic E-state index is 0.504. The van der Waals surface area contributed by atoms with Gasteiger partial charge in [-0.05, 0) is 18.2 Å². The SMILES string of the molecule is COc1ccc(-c2cccnc2N)cn1. The Labute approximate surface area is 87.7 Å². The van der Waals surface area contributed by atoms with Gasteiger partial charge >= 0.3 is 0 Å². The molecule has 0 saturated heterocycles. The molecule has 0 unspecified atom stereocenters. The summed E-state index contributed by atoms with van der Waals surface area (Å²) < 4.78 is 4.98. The molecule has 2 heterocycles. The van der Waals surface area contributed by atoms with Gasteiger partial charge in [-0.15, -0.1) is 0 Å². The van der Waals surface area contributed by atoms with E-state index in [1.807, 2.05) is 18.2 Å². The monoisotopic (exact) mass is 201 g/mol. The molecule has 0 aliphatic rings. The van der Waals surface area contributed by atoms with Crippen LogP contribution in [0.1, 0.15) is 0 Å². The fourth-order valence-electron chi connectivity index (χ4n) is 1.32. The van der Waals surface area contributed by atoms with Gasteiger partial charge in [-0.2, -0.15) is 0 Å². The first-order valence-corrected chi connectivity index (χ1v) is 4.52. The van der Waals surface area contributed by atoms with Crippen molar-refractivity contribution in [1.29, 1.82) is 0 Å². The number of nitrogen functional groups attached to an aromatic ring is 1. The third-order valence-electron chi connectivity index (χ3n) is 2.10. The third kappa shape index (κ3) is 1.88. The van der Waals surface area contributed by atoms with Gasteiger partial charge in [-0.3, -0.25) is 0 Å². The Kier molecular flexibility index (Phi) is 2.49. The summed E-state index contributed by atoms with van der Waals surface area (Å²) in [5, 5.41) is 0. The zero-order valence-electron chi connectivity index (χ0n) is 8.34. The van der Waals surface area contributed by atoms with Crippen molar-refractivity contribution >= 4 is 5.82 Å². The highest BCUT2D eigenvalue weighted by Crippen LogP contribution is 2.23. The number of pyridine rings is 2.